The van der Waals surface area contributed by atoms with Gasteiger partial charge in [0.25, 0.3) is 0 Å². The molecule has 0 aliphatic rings. The summed E-state index contributed by atoms with van der Waals surface area (Å²) in [6.45, 7) is 0. The van der Waals surface area contributed by atoms with E-state index in [2.05, 4.69) is 10.3 Å². The van der Waals surface area contributed by atoms with Gasteiger partial charge in [-0.15, -0.1) is 0 Å². The van der Waals surface area contributed by atoms with Crippen LogP contribution < -0.4 is 16.8 Å². The topological polar surface area (TPSA) is 84.0 Å². The molecule has 2 aromatic carbocycles. The van der Waals surface area contributed by atoms with E-state index in [0.29, 0.717) is 5.52 Å². The van der Waals surface area contributed by atoms with Crippen LogP contribution in [0.15, 0.2) is 33.5 Å². The Morgan fingerprint density at radius 3 is 2.43 bits per heavy atom. The Bertz CT molecular complexity index is 878. The molecule has 0 fully saturated rings. The summed E-state index contributed by atoms with van der Waals surface area (Å²) < 4.78 is 44.0. The fourth-order valence-corrected chi connectivity index (χ4v) is 1.90. The average Bonchev–Trinajstić information content (AvgIpc) is 2.75. The number of nitrogens with one attached hydrogen (secondary N) is 2. The Balaban J connectivity index is 2.05. The fourth-order valence-electron chi connectivity index (χ4n) is 1.90. The predicted molar refractivity (Wildman–Crippen MR) is 70.8 cm³/mol. The molecule has 0 saturated heterocycles. The largest absolute Gasteiger partial charge is 0.417 e. The number of halogens is 3. The second-order valence-electron chi connectivity index (χ2n) is 4.33. The number of rotatable bonds is 2. The smallest absolute Gasteiger partial charge is 0.408 e. The van der Waals surface area contributed by atoms with Crippen molar-refractivity contribution in [3.05, 3.63) is 52.3 Å². The highest BCUT2D eigenvalue weighted by Crippen LogP contribution is 2.28. The molecule has 0 saturated carbocycles. The van der Waals surface area contributed by atoms with Crippen LogP contribution in [0.25, 0.3) is 11.1 Å². The zero-order valence-electron chi connectivity index (χ0n) is 10.3. The number of nitrogen functional groups attached to an aromatic ring is 1. The average molecular weight is 295 g/mol. The third kappa shape index (κ3) is 2.31. The van der Waals surface area contributed by atoms with Crippen molar-refractivity contribution in [3.63, 3.8) is 0 Å². The normalized spacial score (nSPS) is 11.0. The molecule has 3 rings (SSSR count). The van der Waals surface area contributed by atoms with Crippen molar-refractivity contribution in [2.45, 2.75) is 0 Å². The van der Waals surface area contributed by atoms with Crippen LogP contribution in [0.5, 0.6) is 0 Å². The third-order valence-corrected chi connectivity index (χ3v) is 2.85. The molecule has 0 spiro atoms. The van der Waals surface area contributed by atoms with E-state index in [1.165, 1.54) is 12.1 Å². The molecule has 0 amide bonds. The summed E-state index contributed by atoms with van der Waals surface area (Å²) in [6, 6.07) is 4.40. The van der Waals surface area contributed by atoms with Crippen molar-refractivity contribution in [1.29, 1.82) is 0 Å². The Hall–Kier alpha value is -2.90. The number of aromatic nitrogens is 1. The minimum Gasteiger partial charge on any atom is -0.408 e. The van der Waals surface area contributed by atoms with Crippen LogP contribution in [-0.4, -0.2) is 4.98 Å². The van der Waals surface area contributed by atoms with Crippen LogP contribution in [0.1, 0.15) is 0 Å². The van der Waals surface area contributed by atoms with Gasteiger partial charge in [0.2, 0.25) is 0 Å². The molecule has 21 heavy (non-hydrogen) atoms. The summed E-state index contributed by atoms with van der Waals surface area (Å²) in [7, 11) is 0. The van der Waals surface area contributed by atoms with E-state index in [9.17, 15) is 18.0 Å². The SMILES string of the molecule is Nc1cc2oc(=O)[nH]c2cc1Nc1cc(F)c(F)c(F)c1. The third-order valence-electron chi connectivity index (χ3n) is 2.85. The minimum atomic E-state index is -1.55. The van der Waals surface area contributed by atoms with E-state index < -0.39 is 23.2 Å². The lowest BCUT2D eigenvalue weighted by Gasteiger charge is -2.10. The molecule has 0 bridgehead atoms. The van der Waals surface area contributed by atoms with Crippen LogP contribution in [0.2, 0.25) is 0 Å². The Morgan fingerprint density at radius 2 is 1.76 bits per heavy atom. The molecule has 1 heterocycles. The molecular formula is C13H8F3N3O2. The maximum atomic E-state index is 13.2. The monoisotopic (exact) mass is 295 g/mol. The van der Waals surface area contributed by atoms with Gasteiger partial charge in [0.15, 0.2) is 23.0 Å². The lowest BCUT2D eigenvalue weighted by Crippen LogP contribution is -1.99. The molecule has 0 radical (unpaired) electrons. The highest BCUT2D eigenvalue weighted by atomic mass is 19.2. The van der Waals surface area contributed by atoms with Crippen molar-refractivity contribution in [2.24, 2.45) is 0 Å². The fraction of sp³-hybridized carbons (Fsp3) is 0. The molecular weight excluding hydrogens is 287 g/mol. The van der Waals surface area contributed by atoms with Crippen molar-refractivity contribution < 1.29 is 17.6 Å². The van der Waals surface area contributed by atoms with Crippen molar-refractivity contribution >= 4 is 28.2 Å². The Kier molecular flexibility index (Phi) is 2.86. The van der Waals surface area contributed by atoms with E-state index in [4.69, 9.17) is 10.2 Å². The number of nitrogens with two attached hydrogens (primary N) is 1. The molecule has 8 heteroatoms. The number of aromatic amines is 1. The quantitative estimate of drug-likeness (QED) is 0.501. The lowest BCUT2D eigenvalue weighted by atomic mass is 10.2. The van der Waals surface area contributed by atoms with Crippen LogP contribution in [0, 0.1) is 17.5 Å². The first-order valence-corrected chi connectivity index (χ1v) is 5.78. The van der Waals surface area contributed by atoms with Crippen LogP contribution in [-0.2, 0) is 0 Å². The highest BCUT2D eigenvalue weighted by Gasteiger charge is 2.12. The van der Waals surface area contributed by atoms with Gasteiger partial charge < -0.3 is 15.5 Å². The van der Waals surface area contributed by atoms with Crippen LogP contribution in [0.4, 0.5) is 30.2 Å². The number of oxazole rings is 1. The molecule has 1 aromatic heterocycles. The number of hydrogen-bond acceptors (Lipinski definition) is 4. The Labute approximate surface area is 115 Å². The van der Waals surface area contributed by atoms with Gasteiger partial charge in [-0.2, -0.15) is 0 Å². The van der Waals surface area contributed by atoms with Gasteiger partial charge in [-0.3, -0.25) is 4.98 Å². The predicted octanol–water partition coefficient (Wildman–Crippen LogP) is 2.86. The first-order chi connectivity index (χ1) is 9.94. The summed E-state index contributed by atoms with van der Waals surface area (Å²) >= 11 is 0. The second-order valence-corrected chi connectivity index (χ2v) is 4.33. The minimum absolute atomic E-state index is 0.0247. The van der Waals surface area contributed by atoms with Gasteiger partial charge in [-0.1, -0.05) is 0 Å². The number of fused-ring (bicyclic) bond motifs is 1. The molecule has 3 aromatic rings. The molecule has 108 valence electrons. The highest BCUT2D eigenvalue weighted by molar-refractivity contribution is 5.87. The second kappa shape index (κ2) is 4.58. The first-order valence-electron chi connectivity index (χ1n) is 5.78. The summed E-state index contributed by atoms with van der Waals surface area (Å²) in [5, 5.41) is 2.65. The summed E-state index contributed by atoms with van der Waals surface area (Å²) in [5.41, 5.74) is 6.81. The summed E-state index contributed by atoms with van der Waals surface area (Å²) in [4.78, 5) is 13.5. The van der Waals surface area contributed by atoms with E-state index in [1.807, 2.05) is 0 Å². The van der Waals surface area contributed by atoms with Crippen molar-refractivity contribution in [3.8, 4) is 0 Å². The number of hydrogen-bond donors (Lipinski definition) is 3. The first kappa shape index (κ1) is 13.1. The van der Waals surface area contributed by atoms with E-state index >= 15 is 0 Å². The molecule has 5 nitrogen and oxygen atoms in total. The van der Waals surface area contributed by atoms with E-state index in [1.54, 1.807) is 0 Å². The zero-order valence-corrected chi connectivity index (χ0v) is 10.3. The van der Waals surface area contributed by atoms with Gasteiger partial charge >= 0.3 is 5.76 Å². The van der Waals surface area contributed by atoms with Gasteiger partial charge in [-0.25, -0.2) is 18.0 Å². The number of anilines is 3. The molecule has 0 aliphatic heterocycles. The van der Waals surface area contributed by atoms with E-state index in [0.717, 1.165) is 12.1 Å². The van der Waals surface area contributed by atoms with Gasteiger partial charge in [0.05, 0.1) is 16.9 Å². The van der Waals surface area contributed by atoms with Crippen LogP contribution in [0.3, 0.4) is 0 Å². The number of benzene rings is 2. The molecule has 0 atom stereocenters. The van der Waals surface area contributed by atoms with Crippen LogP contribution >= 0.6 is 0 Å². The Morgan fingerprint density at radius 1 is 1.10 bits per heavy atom. The van der Waals surface area contributed by atoms with Gasteiger partial charge in [0, 0.05) is 23.9 Å². The number of H-pyrrole nitrogens is 1. The molecule has 0 aliphatic carbocycles. The summed E-state index contributed by atoms with van der Waals surface area (Å²) in [6.07, 6.45) is 0. The molecule has 0 unspecified atom stereocenters. The van der Waals surface area contributed by atoms with Crippen molar-refractivity contribution in [1.82, 2.24) is 4.98 Å². The maximum absolute atomic E-state index is 13.2. The van der Waals surface area contributed by atoms with Gasteiger partial charge in [0.1, 0.15) is 0 Å². The summed E-state index contributed by atoms with van der Waals surface area (Å²) in [5.74, 6) is -4.86. The zero-order chi connectivity index (χ0) is 15.1. The van der Waals surface area contributed by atoms with Gasteiger partial charge in [-0.05, 0) is 6.07 Å². The maximum Gasteiger partial charge on any atom is 0.417 e. The van der Waals surface area contributed by atoms with E-state index in [-0.39, 0.29) is 22.6 Å². The standard InChI is InChI=1S/C13H8F3N3O2/c14-6-1-5(2-7(15)12(6)16)18-9-4-10-11(3-8(9)17)21-13(20)19-10/h1-4,18H,17H2,(H,19,20). The lowest BCUT2D eigenvalue weighted by molar-refractivity contribution is 0.448. The van der Waals surface area contributed by atoms with Crippen molar-refractivity contribution in [2.75, 3.05) is 11.1 Å². The molecule has 4 N–H and O–H groups in total.